The minimum Gasteiger partial charge on any atom is -0.481 e. The summed E-state index contributed by atoms with van der Waals surface area (Å²) >= 11 is 0. The molecule has 2 N–H and O–H groups in total. The minimum absolute atomic E-state index is 0.158. The predicted molar refractivity (Wildman–Crippen MR) is 126 cm³/mol. The van der Waals surface area contributed by atoms with E-state index in [2.05, 4.69) is 15.4 Å². The van der Waals surface area contributed by atoms with Crippen molar-refractivity contribution in [2.24, 2.45) is 0 Å². The number of rotatable bonds is 6. The molecular weight excluding hydrogens is 416 g/mol. The molecular formula is C26H20N4O3. The molecule has 1 amide bonds. The number of fused-ring (bicyclic) bond motifs is 2. The Labute approximate surface area is 189 Å². The number of pyridine rings is 1. The number of carboxylic acid groups (broad SMARTS) is 1. The maximum atomic E-state index is 12.7. The van der Waals surface area contributed by atoms with Gasteiger partial charge in [0.05, 0.1) is 18.7 Å². The van der Waals surface area contributed by atoms with E-state index in [0.717, 1.165) is 21.7 Å². The predicted octanol–water partition coefficient (Wildman–Crippen LogP) is 4.51. The van der Waals surface area contributed by atoms with E-state index in [0.29, 0.717) is 29.1 Å². The van der Waals surface area contributed by atoms with Crippen molar-refractivity contribution in [2.45, 2.75) is 13.0 Å². The zero-order chi connectivity index (χ0) is 22.8. The molecule has 0 aliphatic carbocycles. The molecule has 0 atom stereocenters. The van der Waals surface area contributed by atoms with Crippen molar-refractivity contribution in [3.8, 4) is 0 Å². The third-order valence-corrected chi connectivity index (χ3v) is 5.46. The molecule has 0 unspecified atom stereocenters. The van der Waals surface area contributed by atoms with Crippen molar-refractivity contribution in [2.75, 3.05) is 5.32 Å². The molecule has 5 aromatic rings. The Kier molecular flexibility index (Phi) is 5.28. The van der Waals surface area contributed by atoms with Crippen LogP contribution in [0.2, 0.25) is 0 Å². The number of hydrogen-bond donors (Lipinski definition) is 2. The Morgan fingerprint density at radius 2 is 1.70 bits per heavy atom. The van der Waals surface area contributed by atoms with E-state index in [1.165, 1.54) is 0 Å². The molecule has 7 nitrogen and oxygen atoms in total. The first kappa shape index (κ1) is 20.4. The normalized spacial score (nSPS) is 11.0. The lowest BCUT2D eigenvalue weighted by molar-refractivity contribution is -0.136. The smallest absolute Gasteiger partial charge is 0.309 e. The molecule has 2 heterocycles. The van der Waals surface area contributed by atoms with Gasteiger partial charge in [0, 0.05) is 22.8 Å². The highest BCUT2D eigenvalue weighted by atomic mass is 16.4. The summed E-state index contributed by atoms with van der Waals surface area (Å²) in [5.74, 6) is -1.11. The molecule has 7 heteroatoms. The molecule has 0 aliphatic heterocycles. The number of nitrogens with one attached hydrogen (secondary N) is 1. The lowest BCUT2D eigenvalue weighted by Crippen LogP contribution is -2.12. The highest BCUT2D eigenvalue weighted by Gasteiger charge is 2.14. The fourth-order valence-electron chi connectivity index (χ4n) is 3.86. The Balaban J connectivity index is 1.32. The van der Waals surface area contributed by atoms with Gasteiger partial charge < -0.3 is 10.4 Å². The van der Waals surface area contributed by atoms with E-state index in [1.54, 1.807) is 16.9 Å². The van der Waals surface area contributed by atoms with E-state index in [4.69, 9.17) is 5.11 Å². The monoisotopic (exact) mass is 436 g/mol. The SMILES string of the molecule is O=C(O)Cc1nn(Cc2ccc(NC(=O)c3ccc4ccccc4c3)cc2)c2ncccc12. The number of carbonyl (C=O) groups excluding carboxylic acids is 1. The van der Waals surface area contributed by atoms with Crippen molar-refractivity contribution in [1.82, 2.24) is 14.8 Å². The zero-order valence-electron chi connectivity index (χ0n) is 17.6. The molecule has 162 valence electrons. The maximum Gasteiger partial charge on any atom is 0.309 e. The molecule has 0 saturated carbocycles. The van der Waals surface area contributed by atoms with Crippen LogP contribution in [-0.4, -0.2) is 31.7 Å². The second-order valence-electron chi connectivity index (χ2n) is 7.76. The summed E-state index contributed by atoms with van der Waals surface area (Å²) in [4.78, 5) is 28.2. The van der Waals surface area contributed by atoms with Crippen molar-refractivity contribution in [3.63, 3.8) is 0 Å². The van der Waals surface area contributed by atoms with Crippen LogP contribution in [0, 0.1) is 0 Å². The van der Waals surface area contributed by atoms with Crippen LogP contribution in [0.4, 0.5) is 5.69 Å². The molecule has 3 aromatic carbocycles. The van der Waals surface area contributed by atoms with E-state index < -0.39 is 5.97 Å². The Hall–Kier alpha value is -4.52. The topological polar surface area (TPSA) is 97.1 Å². The van der Waals surface area contributed by atoms with Gasteiger partial charge in [0.1, 0.15) is 0 Å². The van der Waals surface area contributed by atoms with Gasteiger partial charge >= 0.3 is 5.97 Å². The minimum atomic E-state index is -0.933. The second kappa shape index (κ2) is 8.55. The molecule has 2 aromatic heterocycles. The number of anilines is 1. The quantitative estimate of drug-likeness (QED) is 0.408. The Morgan fingerprint density at radius 1 is 0.909 bits per heavy atom. The summed E-state index contributed by atoms with van der Waals surface area (Å²) in [6, 6.07) is 24.6. The number of aliphatic carboxylic acids is 1. The first-order valence-corrected chi connectivity index (χ1v) is 10.5. The van der Waals surface area contributed by atoms with Gasteiger partial charge in [0.25, 0.3) is 5.91 Å². The van der Waals surface area contributed by atoms with Crippen LogP contribution in [0.3, 0.4) is 0 Å². The number of carbonyl (C=O) groups is 2. The Bertz CT molecular complexity index is 1490. The van der Waals surface area contributed by atoms with Crippen LogP contribution in [0.25, 0.3) is 21.8 Å². The molecule has 0 radical (unpaired) electrons. The zero-order valence-corrected chi connectivity index (χ0v) is 17.6. The summed E-state index contributed by atoms with van der Waals surface area (Å²) in [5, 5.41) is 19.4. The highest BCUT2D eigenvalue weighted by Crippen LogP contribution is 2.20. The summed E-state index contributed by atoms with van der Waals surface area (Å²) in [5.41, 5.74) is 3.37. The molecule has 5 rings (SSSR count). The van der Waals surface area contributed by atoms with Gasteiger partial charge in [-0.05, 0) is 52.7 Å². The van der Waals surface area contributed by atoms with E-state index in [9.17, 15) is 9.59 Å². The average Bonchev–Trinajstić information content (AvgIpc) is 3.16. The van der Waals surface area contributed by atoms with Crippen LogP contribution < -0.4 is 5.32 Å². The number of nitrogens with zero attached hydrogens (tertiary/aromatic N) is 3. The molecule has 0 bridgehead atoms. The third kappa shape index (κ3) is 4.29. The maximum absolute atomic E-state index is 12.7. The van der Waals surface area contributed by atoms with Crippen molar-refractivity contribution in [3.05, 3.63) is 102 Å². The fraction of sp³-hybridized carbons (Fsp3) is 0.0769. The molecule has 0 fully saturated rings. The second-order valence-corrected chi connectivity index (χ2v) is 7.76. The number of hydrogen-bond acceptors (Lipinski definition) is 4. The number of amides is 1. The van der Waals surface area contributed by atoms with E-state index in [-0.39, 0.29) is 12.3 Å². The summed E-state index contributed by atoms with van der Waals surface area (Å²) in [6.07, 6.45) is 1.51. The van der Waals surface area contributed by atoms with Crippen LogP contribution in [0.5, 0.6) is 0 Å². The first-order valence-electron chi connectivity index (χ1n) is 10.5. The van der Waals surface area contributed by atoms with Crippen molar-refractivity contribution in [1.29, 1.82) is 0 Å². The van der Waals surface area contributed by atoms with E-state index in [1.807, 2.05) is 72.8 Å². The lowest BCUT2D eigenvalue weighted by atomic mass is 10.1. The van der Waals surface area contributed by atoms with Crippen LogP contribution in [-0.2, 0) is 17.8 Å². The van der Waals surface area contributed by atoms with Gasteiger partial charge in [-0.15, -0.1) is 0 Å². The van der Waals surface area contributed by atoms with Crippen molar-refractivity contribution < 1.29 is 14.7 Å². The molecule has 33 heavy (non-hydrogen) atoms. The van der Waals surface area contributed by atoms with E-state index >= 15 is 0 Å². The average molecular weight is 436 g/mol. The van der Waals surface area contributed by atoms with Gasteiger partial charge in [-0.2, -0.15) is 5.10 Å². The molecule has 0 saturated heterocycles. The molecule has 0 aliphatic rings. The number of carboxylic acids is 1. The van der Waals surface area contributed by atoms with Gasteiger partial charge in [0.2, 0.25) is 0 Å². The molecule has 0 spiro atoms. The highest BCUT2D eigenvalue weighted by molar-refractivity contribution is 6.06. The Morgan fingerprint density at radius 3 is 2.48 bits per heavy atom. The first-order chi connectivity index (χ1) is 16.1. The van der Waals surface area contributed by atoms with Crippen LogP contribution in [0.15, 0.2) is 85.1 Å². The van der Waals surface area contributed by atoms with Gasteiger partial charge in [-0.1, -0.05) is 42.5 Å². The van der Waals surface area contributed by atoms with Gasteiger partial charge in [0.15, 0.2) is 5.65 Å². The largest absolute Gasteiger partial charge is 0.481 e. The van der Waals surface area contributed by atoms with Gasteiger partial charge in [-0.25, -0.2) is 9.67 Å². The van der Waals surface area contributed by atoms with Crippen LogP contribution >= 0.6 is 0 Å². The summed E-state index contributed by atoms with van der Waals surface area (Å²) in [7, 11) is 0. The third-order valence-electron chi connectivity index (χ3n) is 5.46. The summed E-state index contributed by atoms with van der Waals surface area (Å²) in [6.45, 7) is 0.437. The van der Waals surface area contributed by atoms with Crippen LogP contribution in [0.1, 0.15) is 21.6 Å². The number of aromatic nitrogens is 3. The standard InChI is InChI=1S/C26H20N4O3/c31-24(32)15-23-22-6-3-13-27-25(22)30(29-23)16-17-7-11-21(12-8-17)28-26(33)20-10-9-18-4-1-2-5-19(18)14-20/h1-14H,15-16H2,(H,28,33)(H,31,32). The van der Waals surface area contributed by atoms with Crippen molar-refractivity contribution >= 4 is 39.4 Å². The number of benzene rings is 3. The summed E-state index contributed by atoms with van der Waals surface area (Å²) < 4.78 is 1.70. The van der Waals surface area contributed by atoms with Gasteiger partial charge in [-0.3, -0.25) is 9.59 Å². The lowest BCUT2D eigenvalue weighted by Gasteiger charge is -2.08. The fourth-order valence-corrected chi connectivity index (χ4v) is 3.86.